The molecule has 0 aliphatic carbocycles. The maximum atomic E-state index is 13.2. The van der Waals surface area contributed by atoms with Crippen LogP contribution < -0.4 is 24.8 Å². The van der Waals surface area contributed by atoms with Crippen LogP contribution in [0.5, 0.6) is 17.2 Å². The molecule has 0 aromatic heterocycles. The van der Waals surface area contributed by atoms with Crippen molar-refractivity contribution in [3.05, 3.63) is 47.8 Å². The van der Waals surface area contributed by atoms with Crippen molar-refractivity contribution in [1.29, 1.82) is 0 Å². The Morgan fingerprint density at radius 3 is 2.36 bits per heavy atom. The van der Waals surface area contributed by atoms with Gasteiger partial charge in [0.15, 0.2) is 11.5 Å². The molecular formula is C18H21FN2O4. The molecule has 0 saturated carbocycles. The van der Waals surface area contributed by atoms with Crippen LogP contribution in [-0.4, -0.2) is 33.9 Å². The third-order valence-electron chi connectivity index (χ3n) is 3.56. The molecule has 0 fully saturated rings. The number of hydrogen-bond acceptors (Lipinski definition) is 4. The lowest BCUT2D eigenvalue weighted by Crippen LogP contribution is -2.30. The molecule has 2 aromatic rings. The molecule has 0 bridgehead atoms. The van der Waals surface area contributed by atoms with E-state index in [4.69, 9.17) is 14.2 Å². The summed E-state index contributed by atoms with van der Waals surface area (Å²) < 4.78 is 28.6. The van der Waals surface area contributed by atoms with Crippen LogP contribution in [0.25, 0.3) is 0 Å². The third-order valence-corrected chi connectivity index (χ3v) is 3.56. The predicted octanol–water partition coefficient (Wildman–Crippen LogP) is 3.22. The van der Waals surface area contributed by atoms with E-state index in [-0.39, 0.29) is 5.75 Å². The molecule has 0 aliphatic rings. The summed E-state index contributed by atoms with van der Waals surface area (Å²) in [5.41, 5.74) is 1.39. The molecule has 25 heavy (non-hydrogen) atoms. The quantitative estimate of drug-likeness (QED) is 0.806. The number of methoxy groups -OCH3 is 3. The second-order valence-electron chi connectivity index (χ2n) is 5.16. The minimum absolute atomic E-state index is 0.259. The van der Waals surface area contributed by atoms with Gasteiger partial charge in [-0.25, -0.2) is 9.18 Å². The highest BCUT2D eigenvalue weighted by atomic mass is 19.1. The van der Waals surface area contributed by atoms with Crippen molar-refractivity contribution >= 4 is 11.7 Å². The normalized spacial score (nSPS) is 10.1. The van der Waals surface area contributed by atoms with Crippen molar-refractivity contribution in [3.8, 4) is 17.2 Å². The van der Waals surface area contributed by atoms with Crippen molar-refractivity contribution in [2.24, 2.45) is 0 Å². The van der Waals surface area contributed by atoms with Crippen molar-refractivity contribution in [2.45, 2.75) is 6.42 Å². The van der Waals surface area contributed by atoms with Gasteiger partial charge in [-0.05, 0) is 36.2 Å². The second kappa shape index (κ2) is 8.77. The summed E-state index contributed by atoms with van der Waals surface area (Å²) in [6.45, 7) is 0.421. The van der Waals surface area contributed by atoms with Gasteiger partial charge in [-0.3, -0.25) is 0 Å². The number of rotatable bonds is 7. The van der Waals surface area contributed by atoms with E-state index in [9.17, 15) is 9.18 Å². The topological polar surface area (TPSA) is 68.8 Å². The first-order valence-corrected chi connectivity index (χ1v) is 7.66. The number of benzene rings is 2. The number of anilines is 1. The van der Waals surface area contributed by atoms with Crippen molar-refractivity contribution in [2.75, 3.05) is 33.2 Å². The smallest absolute Gasteiger partial charge is 0.319 e. The van der Waals surface area contributed by atoms with E-state index in [1.807, 2.05) is 18.2 Å². The minimum atomic E-state index is -0.434. The van der Waals surface area contributed by atoms with Crippen molar-refractivity contribution < 1.29 is 23.4 Å². The first-order chi connectivity index (χ1) is 12.1. The maximum absolute atomic E-state index is 13.2. The van der Waals surface area contributed by atoms with Crippen LogP contribution in [-0.2, 0) is 6.42 Å². The van der Waals surface area contributed by atoms with Crippen LogP contribution in [0.3, 0.4) is 0 Å². The van der Waals surface area contributed by atoms with Gasteiger partial charge in [0.05, 0.1) is 27.0 Å². The molecule has 7 heteroatoms. The van der Waals surface area contributed by atoms with Gasteiger partial charge in [0, 0.05) is 12.6 Å². The fraction of sp³-hybridized carbons (Fsp3) is 0.278. The summed E-state index contributed by atoms with van der Waals surface area (Å²) in [4.78, 5) is 12.0. The molecular weight excluding hydrogens is 327 g/mol. The van der Waals surface area contributed by atoms with Gasteiger partial charge in [-0.15, -0.1) is 0 Å². The molecule has 2 N–H and O–H groups in total. The molecule has 0 atom stereocenters. The number of ether oxygens (including phenoxy) is 3. The molecule has 0 heterocycles. The molecule has 2 amide bonds. The number of carbonyl (C=O) groups excluding carboxylic acids is 1. The largest absolute Gasteiger partial charge is 0.494 e. The Balaban J connectivity index is 1.88. The van der Waals surface area contributed by atoms with Gasteiger partial charge >= 0.3 is 6.03 Å². The number of halogens is 1. The monoisotopic (exact) mass is 348 g/mol. The molecule has 0 saturated heterocycles. The minimum Gasteiger partial charge on any atom is -0.494 e. The highest BCUT2D eigenvalue weighted by molar-refractivity contribution is 5.90. The van der Waals surface area contributed by atoms with Crippen LogP contribution >= 0.6 is 0 Å². The van der Waals surface area contributed by atoms with Crippen molar-refractivity contribution in [3.63, 3.8) is 0 Å². The lowest BCUT2D eigenvalue weighted by Gasteiger charge is -2.12. The molecule has 0 spiro atoms. The summed E-state index contributed by atoms with van der Waals surface area (Å²) in [5, 5.41) is 5.37. The molecule has 2 aromatic carbocycles. The number of urea groups is 1. The Morgan fingerprint density at radius 1 is 0.960 bits per heavy atom. The average Bonchev–Trinajstić information content (AvgIpc) is 2.62. The Kier molecular flexibility index (Phi) is 6.45. The Bertz CT molecular complexity index is 737. The zero-order valence-corrected chi connectivity index (χ0v) is 14.4. The number of carbonyl (C=O) groups is 1. The Hall–Kier alpha value is -2.96. The van der Waals surface area contributed by atoms with E-state index >= 15 is 0 Å². The standard InChI is InChI=1S/C18H21FN2O4/c1-23-15-7-4-12(10-17(15)25-3)8-9-20-18(22)21-14-6-5-13(19)11-16(14)24-2/h4-7,10-11H,8-9H2,1-3H3,(H2,20,21,22). The molecule has 0 radical (unpaired) electrons. The van der Waals surface area contributed by atoms with Gasteiger partial charge in [-0.2, -0.15) is 0 Å². The Labute approximate surface area is 145 Å². The highest BCUT2D eigenvalue weighted by Crippen LogP contribution is 2.27. The SMILES string of the molecule is COc1cc(F)ccc1NC(=O)NCCc1ccc(OC)c(OC)c1. The first-order valence-electron chi connectivity index (χ1n) is 7.66. The lowest BCUT2D eigenvalue weighted by atomic mass is 10.1. The van der Waals surface area contributed by atoms with Crippen molar-refractivity contribution in [1.82, 2.24) is 5.32 Å². The van der Waals surface area contributed by atoms with E-state index in [1.165, 1.54) is 25.3 Å². The molecule has 2 rings (SSSR count). The molecule has 6 nitrogen and oxygen atoms in total. The fourth-order valence-electron chi connectivity index (χ4n) is 2.29. The van der Waals surface area contributed by atoms with Crippen LogP contribution in [0.2, 0.25) is 0 Å². The summed E-state index contributed by atoms with van der Waals surface area (Å²) in [7, 11) is 4.56. The zero-order valence-electron chi connectivity index (χ0n) is 14.4. The molecule has 0 unspecified atom stereocenters. The molecule has 134 valence electrons. The zero-order chi connectivity index (χ0) is 18.2. The van der Waals surface area contributed by atoms with E-state index in [0.717, 1.165) is 5.56 Å². The first kappa shape index (κ1) is 18.4. The van der Waals surface area contributed by atoms with E-state index in [2.05, 4.69) is 10.6 Å². The maximum Gasteiger partial charge on any atom is 0.319 e. The van der Waals surface area contributed by atoms with Gasteiger partial charge in [0.2, 0.25) is 0 Å². The van der Waals surface area contributed by atoms with Crippen LogP contribution in [0.1, 0.15) is 5.56 Å². The summed E-state index contributed by atoms with van der Waals surface area (Å²) in [6.07, 6.45) is 0.619. The summed E-state index contributed by atoms with van der Waals surface area (Å²) in [5.74, 6) is 1.12. The van der Waals surface area contributed by atoms with Crippen LogP contribution in [0.15, 0.2) is 36.4 Å². The van der Waals surface area contributed by atoms with Crippen LogP contribution in [0, 0.1) is 5.82 Å². The van der Waals surface area contributed by atoms with Crippen LogP contribution in [0.4, 0.5) is 14.9 Å². The number of amides is 2. The summed E-state index contributed by atoms with van der Waals surface area (Å²) >= 11 is 0. The van der Waals surface area contributed by atoms with E-state index < -0.39 is 11.8 Å². The Morgan fingerprint density at radius 2 is 1.68 bits per heavy atom. The lowest BCUT2D eigenvalue weighted by molar-refractivity contribution is 0.252. The van der Waals surface area contributed by atoms with Gasteiger partial charge < -0.3 is 24.8 Å². The van der Waals surface area contributed by atoms with E-state index in [0.29, 0.717) is 30.2 Å². The van der Waals surface area contributed by atoms with E-state index in [1.54, 1.807) is 14.2 Å². The fourth-order valence-corrected chi connectivity index (χ4v) is 2.29. The van der Waals surface area contributed by atoms with Gasteiger partial charge in [0.25, 0.3) is 0 Å². The summed E-state index contributed by atoms with van der Waals surface area (Å²) in [6, 6.07) is 9.09. The predicted molar refractivity (Wildman–Crippen MR) is 93.2 cm³/mol. The van der Waals surface area contributed by atoms with Gasteiger partial charge in [0.1, 0.15) is 11.6 Å². The number of hydrogen-bond donors (Lipinski definition) is 2. The highest BCUT2D eigenvalue weighted by Gasteiger charge is 2.09. The van der Waals surface area contributed by atoms with Gasteiger partial charge in [-0.1, -0.05) is 6.07 Å². The molecule has 0 aliphatic heterocycles. The number of nitrogens with one attached hydrogen (secondary N) is 2. The average molecular weight is 348 g/mol. The third kappa shape index (κ3) is 5.00. The second-order valence-corrected chi connectivity index (χ2v) is 5.16.